The summed E-state index contributed by atoms with van der Waals surface area (Å²) in [5.74, 6) is 1.00. The summed E-state index contributed by atoms with van der Waals surface area (Å²) >= 11 is 0. The van der Waals surface area contributed by atoms with Gasteiger partial charge in [0.25, 0.3) is 0 Å². The molecule has 0 spiro atoms. The maximum absolute atomic E-state index is 5.49. The lowest BCUT2D eigenvalue weighted by Crippen LogP contribution is -2.27. The molecule has 1 N–H and O–H groups in total. The Balaban J connectivity index is 2.29. The van der Waals surface area contributed by atoms with Crippen molar-refractivity contribution in [2.24, 2.45) is 0 Å². The van der Waals surface area contributed by atoms with E-state index in [0.717, 1.165) is 25.3 Å². The molecule has 14 heavy (non-hydrogen) atoms. The highest BCUT2D eigenvalue weighted by molar-refractivity contribution is 5.38. The van der Waals surface area contributed by atoms with Crippen LogP contribution in [0.3, 0.4) is 0 Å². The van der Waals surface area contributed by atoms with Crippen LogP contribution in [0.15, 0.2) is 18.2 Å². The van der Waals surface area contributed by atoms with E-state index in [1.807, 2.05) is 6.92 Å². The number of hydrogen-bond donors (Lipinski definition) is 1. The molecule has 0 unspecified atom stereocenters. The van der Waals surface area contributed by atoms with Crippen molar-refractivity contribution in [3.05, 3.63) is 29.3 Å². The maximum atomic E-state index is 5.49. The van der Waals surface area contributed by atoms with Gasteiger partial charge in [0, 0.05) is 6.04 Å². The zero-order valence-electron chi connectivity index (χ0n) is 8.84. The van der Waals surface area contributed by atoms with Crippen molar-refractivity contribution < 1.29 is 4.74 Å². The highest BCUT2D eigenvalue weighted by Gasteiger charge is 2.15. The molecule has 2 heteroatoms. The highest BCUT2D eigenvalue weighted by atomic mass is 16.5. The molecule has 1 aromatic carbocycles. The molecule has 2 nitrogen and oxygen atoms in total. The fraction of sp³-hybridized carbons (Fsp3) is 0.500. The van der Waals surface area contributed by atoms with Crippen molar-refractivity contribution in [3.63, 3.8) is 0 Å². The van der Waals surface area contributed by atoms with Crippen molar-refractivity contribution in [2.75, 3.05) is 13.2 Å². The lowest BCUT2D eigenvalue weighted by Gasteiger charge is -2.24. The Kier molecular flexibility index (Phi) is 2.73. The summed E-state index contributed by atoms with van der Waals surface area (Å²) in [4.78, 5) is 0. The van der Waals surface area contributed by atoms with E-state index in [1.165, 1.54) is 11.1 Å². The van der Waals surface area contributed by atoms with Gasteiger partial charge in [-0.2, -0.15) is 0 Å². The van der Waals surface area contributed by atoms with Crippen molar-refractivity contribution in [3.8, 4) is 5.75 Å². The van der Waals surface area contributed by atoms with E-state index < -0.39 is 0 Å². The van der Waals surface area contributed by atoms with Gasteiger partial charge >= 0.3 is 0 Å². The summed E-state index contributed by atoms with van der Waals surface area (Å²) in [6.45, 7) is 6.04. The van der Waals surface area contributed by atoms with Crippen LogP contribution in [0.25, 0.3) is 0 Å². The first-order chi connectivity index (χ1) is 6.81. The van der Waals surface area contributed by atoms with Gasteiger partial charge in [-0.3, -0.25) is 0 Å². The number of benzene rings is 1. The van der Waals surface area contributed by atoms with Gasteiger partial charge in [-0.15, -0.1) is 0 Å². The van der Waals surface area contributed by atoms with Gasteiger partial charge < -0.3 is 10.1 Å². The largest absolute Gasteiger partial charge is 0.494 e. The van der Waals surface area contributed by atoms with Crippen molar-refractivity contribution >= 4 is 0 Å². The predicted molar refractivity (Wildman–Crippen MR) is 57.7 cm³/mol. The van der Waals surface area contributed by atoms with Gasteiger partial charge in [-0.1, -0.05) is 6.07 Å². The lowest BCUT2D eigenvalue weighted by molar-refractivity contribution is 0.339. The number of rotatable bonds is 2. The predicted octanol–water partition coefficient (Wildman–Crippen LogP) is 2.29. The molecule has 1 aliphatic heterocycles. The molecule has 0 bridgehead atoms. The van der Waals surface area contributed by atoms with Gasteiger partial charge in [0.05, 0.1) is 6.61 Å². The Hall–Kier alpha value is -1.02. The molecular formula is C12H17NO. The standard InChI is InChI=1S/C12H17NO/c1-3-14-11-4-5-12-9(2)13-7-6-10(12)8-11/h4-5,8-9,13H,3,6-7H2,1-2H3/t9-/m0/s1. The molecule has 76 valence electrons. The van der Waals surface area contributed by atoms with Crippen molar-refractivity contribution in [1.82, 2.24) is 5.32 Å². The topological polar surface area (TPSA) is 21.3 Å². The monoisotopic (exact) mass is 191 g/mol. The first kappa shape index (κ1) is 9.53. The Morgan fingerprint density at radius 2 is 2.36 bits per heavy atom. The van der Waals surface area contributed by atoms with Crippen LogP contribution in [-0.4, -0.2) is 13.2 Å². The Bertz CT molecular complexity index is 322. The van der Waals surface area contributed by atoms with Gasteiger partial charge in [-0.05, 0) is 50.1 Å². The van der Waals surface area contributed by atoms with Crippen molar-refractivity contribution in [1.29, 1.82) is 0 Å². The second-order valence-electron chi connectivity index (χ2n) is 3.72. The van der Waals surface area contributed by atoms with E-state index in [0.29, 0.717) is 6.04 Å². The molecule has 0 amide bonds. The zero-order chi connectivity index (χ0) is 9.97. The average Bonchev–Trinajstić information content (AvgIpc) is 2.18. The first-order valence-electron chi connectivity index (χ1n) is 5.30. The number of fused-ring (bicyclic) bond motifs is 1. The van der Waals surface area contributed by atoms with Crippen LogP contribution < -0.4 is 10.1 Å². The summed E-state index contributed by atoms with van der Waals surface area (Å²) in [5, 5.41) is 3.45. The first-order valence-corrected chi connectivity index (χ1v) is 5.30. The van der Waals surface area contributed by atoms with Gasteiger partial charge in [0.15, 0.2) is 0 Å². The third-order valence-electron chi connectivity index (χ3n) is 2.74. The summed E-state index contributed by atoms with van der Waals surface area (Å²) in [6.07, 6.45) is 1.11. The second kappa shape index (κ2) is 4.01. The van der Waals surface area contributed by atoms with Crippen LogP contribution in [0.2, 0.25) is 0 Å². The summed E-state index contributed by atoms with van der Waals surface area (Å²) < 4.78 is 5.49. The van der Waals surface area contributed by atoms with Gasteiger partial charge in [0.1, 0.15) is 5.75 Å². The molecule has 1 heterocycles. The molecule has 0 fully saturated rings. The van der Waals surface area contributed by atoms with E-state index in [1.54, 1.807) is 0 Å². The minimum absolute atomic E-state index is 0.481. The molecule has 0 saturated heterocycles. The van der Waals surface area contributed by atoms with Gasteiger partial charge in [0.2, 0.25) is 0 Å². The van der Waals surface area contributed by atoms with Crippen LogP contribution in [-0.2, 0) is 6.42 Å². The summed E-state index contributed by atoms with van der Waals surface area (Å²) in [6, 6.07) is 6.90. The number of nitrogens with one attached hydrogen (secondary N) is 1. The third-order valence-corrected chi connectivity index (χ3v) is 2.74. The Labute approximate surface area is 85.3 Å². The SMILES string of the molecule is CCOc1ccc2c(c1)CCN[C@H]2C. The molecular weight excluding hydrogens is 174 g/mol. The quantitative estimate of drug-likeness (QED) is 0.774. The molecule has 0 aromatic heterocycles. The summed E-state index contributed by atoms with van der Waals surface area (Å²) in [7, 11) is 0. The molecule has 0 saturated carbocycles. The second-order valence-corrected chi connectivity index (χ2v) is 3.72. The van der Waals surface area contributed by atoms with Crippen LogP contribution in [0, 0.1) is 0 Å². The Morgan fingerprint density at radius 1 is 1.50 bits per heavy atom. The highest BCUT2D eigenvalue weighted by Crippen LogP contribution is 2.26. The minimum Gasteiger partial charge on any atom is -0.494 e. The molecule has 1 atom stereocenters. The zero-order valence-corrected chi connectivity index (χ0v) is 8.84. The van der Waals surface area contributed by atoms with E-state index >= 15 is 0 Å². The number of ether oxygens (including phenoxy) is 1. The fourth-order valence-corrected chi connectivity index (χ4v) is 2.01. The number of hydrogen-bond acceptors (Lipinski definition) is 2. The van der Waals surface area contributed by atoms with Crippen LogP contribution in [0.5, 0.6) is 5.75 Å². The normalized spacial score (nSPS) is 20.3. The van der Waals surface area contributed by atoms with Crippen LogP contribution in [0.1, 0.15) is 31.0 Å². The molecule has 2 rings (SSSR count). The molecule has 0 aliphatic carbocycles. The maximum Gasteiger partial charge on any atom is 0.119 e. The Morgan fingerprint density at radius 3 is 3.14 bits per heavy atom. The average molecular weight is 191 g/mol. The van der Waals surface area contributed by atoms with E-state index in [2.05, 4.69) is 30.4 Å². The van der Waals surface area contributed by atoms with Gasteiger partial charge in [-0.25, -0.2) is 0 Å². The van der Waals surface area contributed by atoms with Crippen LogP contribution >= 0.6 is 0 Å². The molecule has 1 aliphatic rings. The minimum atomic E-state index is 0.481. The third kappa shape index (κ3) is 1.75. The molecule has 0 radical (unpaired) electrons. The van der Waals surface area contributed by atoms with Crippen LogP contribution in [0.4, 0.5) is 0 Å². The fourth-order valence-electron chi connectivity index (χ4n) is 2.01. The van der Waals surface area contributed by atoms with Crippen molar-refractivity contribution in [2.45, 2.75) is 26.3 Å². The van der Waals surface area contributed by atoms with E-state index in [-0.39, 0.29) is 0 Å². The molecule has 1 aromatic rings. The lowest BCUT2D eigenvalue weighted by atomic mass is 9.95. The summed E-state index contributed by atoms with van der Waals surface area (Å²) in [5.41, 5.74) is 2.85. The van der Waals surface area contributed by atoms with E-state index in [4.69, 9.17) is 4.74 Å². The smallest absolute Gasteiger partial charge is 0.119 e. The van der Waals surface area contributed by atoms with E-state index in [9.17, 15) is 0 Å².